The second kappa shape index (κ2) is 14.1. The number of benzene rings is 2. The third-order valence-electron chi connectivity index (χ3n) is 5.70. The minimum Gasteiger partial charge on any atom is -0.493 e. The van der Waals surface area contributed by atoms with Crippen molar-refractivity contribution in [1.82, 2.24) is 10.3 Å². The van der Waals surface area contributed by atoms with Gasteiger partial charge in [-0.15, -0.1) is 0 Å². The van der Waals surface area contributed by atoms with E-state index in [0.717, 1.165) is 20.1 Å². The number of hydrogen-bond acceptors (Lipinski definition) is 8. The summed E-state index contributed by atoms with van der Waals surface area (Å²) in [6.45, 7) is 4.11. The van der Waals surface area contributed by atoms with Gasteiger partial charge in [0.15, 0.2) is 17.2 Å². The van der Waals surface area contributed by atoms with Gasteiger partial charge in [-0.3, -0.25) is 9.59 Å². The predicted molar refractivity (Wildman–Crippen MR) is 151 cm³/mol. The van der Waals surface area contributed by atoms with Gasteiger partial charge in [0, 0.05) is 34.1 Å². The van der Waals surface area contributed by atoms with E-state index in [0.29, 0.717) is 0 Å². The van der Waals surface area contributed by atoms with Crippen LogP contribution < -0.4 is 14.8 Å². The van der Waals surface area contributed by atoms with Gasteiger partial charge in [0.05, 0.1) is 7.11 Å². The molecule has 0 aliphatic heterocycles. The summed E-state index contributed by atoms with van der Waals surface area (Å²) in [5, 5.41) is 2.59. The molecule has 1 heterocycles. The summed E-state index contributed by atoms with van der Waals surface area (Å²) in [6, 6.07) is 16.1. The fraction of sp³-hybridized carbons (Fsp3) is 0.286. The number of carbonyl (C=O) groups excluding carboxylic acids is 3. The zero-order valence-electron chi connectivity index (χ0n) is 21.8. The van der Waals surface area contributed by atoms with E-state index < -0.39 is 36.8 Å². The van der Waals surface area contributed by atoms with E-state index >= 15 is 0 Å². The second-order valence-corrected chi connectivity index (χ2v) is 10.3. The summed E-state index contributed by atoms with van der Waals surface area (Å²) in [4.78, 5) is 41.3. The predicted octanol–water partition coefficient (Wildman–Crippen LogP) is 5.40. The van der Waals surface area contributed by atoms with Crippen LogP contribution in [0, 0.1) is 0 Å². The number of aromatic nitrogens is 1. The monoisotopic (exact) mass is 662 g/mol. The summed E-state index contributed by atoms with van der Waals surface area (Å²) < 4.78 is 23.2. The fourth-order valence-electron chi connectivity index (χ4n) is 3.82. The van der Waals surface area contributed by atoms with Crippen LogP contribution in [-0.4, -0.2) is 48.9 Å². The number of halogens is 2. The summed E-state index contributed by atoms with van der Waals surface area (Å²) in [6.07, 6.45) is 0.801. The van der Waals surface area contributed by atoms with Crippen LogP contribution in [0.4, 0.5) is 0 Å². The second-order valence-electron chi connectivity index (χ2n) is 8.51. The molecule has 0 fully saturated rings. The van der Waals surface area contributed by atoms with Gasteiger partial charge in [0.1, 0.15) is 12.1 Å². The van der Waals surface area contributed by atoms with Crippen LogP contribution in [0.3, 0.4) is 0 Å². The molecular weight excluding hydrogens is 636 g/mol. The summed E-state index contributed by atoms with van der Waals surface area (Å²) in [7, 11) is 1.39. The Hall–Kier alpha value is -3.44. The van der Waals surface area contributed by atoms with E-state index in [1.165, 1.54) is 33.2 Å². The summed E-state index contributed by atoms with van der Waals surface area (Å²) >= 11 is 6.91. The number of nitrogens with one attached hydrogen (secondary N) is 1. The van der Waals surface area contributed by atoms with Crippen molar-refractivity contribution in [3.63, 3.8) is 0 Å². The van der Waals surface area contributed by atoms with E-state index in [2.05, 4.69) is 42.2 Å². The number of hydrogen-bond donors (Lipinski definition) is 1. The van der Waals surface area contributed by atoms with Crippen LogP contribution in [0.25, 0.3) is 0 Å². The number of esters is 2. The van der Waals surface area contributed by atoms with Crippen LogP contribution in [-0.2, 0) is 19.1 Å². The van der Waals surface area contributed by atoms with E-state index in [1.807, 2.05) is 55.5 Å². The Kier molecular flexibility index (Phi) is 10.9. The van der Waals surface area contributed by atoms with E-state index in [9.17, 15) is 14.4 Å². The SMILES string of the molecule is COc1ccnc(C(=O)N[C@@H](C)C(=O)O[C@@H](C)C(c2ccc(Br)cc2)c2ccc(Br)cc2)c1OCOC(C)=O. The van der Waals surface area contributed by atoms with Crippen LogP contribution in [0.2, 0.25) is 0 Å². The number of amides is 1. The first-order valence-electron chi connectivity index (χ1n) is 11.9. The van der Waals surface area contributed by atoms with Gasteiger partial charge >= 0.3 is 11.9 Å². The van der Waals surface area contributed by atoms with Gasteiger partial charge in [0.2, 0.25) is 6.79 Å². The zero-order chi connectivity index (χ0) is 28.5. The molecule has 0 unspecified atom stereocenters. The normalized spacial score (nSPS) is 12.3. The molecule has 1 aromatic heterocycles. The first-order chi connectivity index (χ1) is 18.6. The molecule has 0 bridgehead atoms. The van der Waals surface area contributed by atoms with Gasteiger partial charge in [-0.1, -0.05) is 56.1 Å². The molecule has 2 aromatic carbocycles. The van der Waals surface area contributed by atoms with Crippen molar-refractivity contribution in [3.05, 3.63) is 86.6 Å². The molecule has 1 N–H and O–H groups in total. The van der Waals surface area contributed by atoms with Crippen molar-refractivity contribution in [2.75, 3.05) is 13.9 Å². The third kappa shape index (κ3) is 8.27. The minimum absolute atomic E-state index is 0.0294. The summed E-state index contributed by atoms with van der Waals surface area (Å²) in [5.41, 5.74) is 1.79. The van der Waals surface area contributed by atoms with E-state index in [-0.39, 0.29) is 23.1 Å². The first-order valence-corrected chi connectivity index (χ1v) is 13.5. The highest BCUT2D eigenvalue weighted by Gasteiger charge is 2.29. The van der Waals surface area contributed by atoms with Gasteiger partial charge in [-0.2, -0.15) is 0 Å². The number of nitrogens with zero attached hydrogens (tertiary/aromatic N) is 1. The average Bonchev–Trinajstić information content (AvgIpc) is 2.90. The van der Waals surface area contributed by atoms with Gasteiger partial charge < -0.3 is 24.3 Å². The maximum atomic E-state index is 13.1. The molecule has 0 saturated heterocycles. The number of carbonyl (C=O) groups is 3. The minimum atomic E-state index is -1.01. The van der Waals surface area contributed by atoms with Crippen molar-refractivity contribution in [2.45, 2.75) is 38.8 Å². The fourth-order valence-corrected chi connectivity index (χ4v) is 4.34. The molecule has 0 saturated carbocycles. The van der Waals surface area contributed by atoms with Crippen molar-refractivity contribution in [2.24, 2.45) is 0 Å². The molecule has 3 aromatic rings. The number of pyridine rings is 1. The molecule has 1 amide bonds. The van der Waals surface area contributed by atoms with Crippen LogP contribution in [0.5, 0.6) is 11.5 Å². The number of methoxy groups -OCH3 is 1. The van der Waals surface area contributed by atoms with Gasteiger partial charge in [-0.05, 0) is 49.2 Å². The Labute approximate surface area is 243 Å². The standard InChI is InChI=1S/C28H28Br2N2O7/c1-16(32-27(34)25-26(38-15-37-18(3)33)23(36-4)13-14-31-25)28(35)39-17(2)24(19-5-9-21(29)10-6-19)20-7-11-22(30)12-8-20/h5-14,16-17,24H,15H2,1-4H3,(H,32,34)/t16-,17-/m0/s1. The van der Waals surface area contributed by atoms with Crippen molar-refractivity contribution in [1.29, 1.82) is 0 Å². The van der Waals surface area contributed by atoms with Crippen molar-refractivity contribution < 1.29 is 33.3 Å². The molecule has 3 rings (SSSR count). The summed E-state index contributed by atoms with van der Waals surface area (Å²) in [5.74, 6) is -1.95. The molecule has 11 heteroatoms. The lowest BCUT2D eigenvalue weighted by atomic mass is 9.87. The molecule has 0 aliphatic carbocycles. The largest absolute Gasteiger partial charge is 0.493 e. The Balaban J connectivity index is 1.75. The Bertz CT molecular complexity index is 1250. The van der Waals surface area contributed by atoms with E-state index in [1.54, 1.807) is 0 Å². The van der Waals surface area contributed by atoms with Crippen LogP contribution >= 0.6 is 31.9 Å². The van der Waals surface area contributed by atoms with E-state index in [4.69, 9.17) is 18.9 Å². The molecular formula is C28H28Br2N2O7. The molecule has 0 radical (unpaired) electrons. The smallest absolute Gasteiger partial charge is 0.328 e. The molecule has 206 valence electrons. The molecule has 2 atom stereocenters. The molecule has 0 spiro atoms. The van der Waals surface area contributed by atoms with Gasteiger partial charge in [-0.25, -0.2) is 9.78 Å². The highest BCUT2D eigenvalue weighted by Crippen LogP contribution is 2.32. The zero-order valence-corrected chi connectivity index (χ0v) is 24.9. The maximum Gasteiger partial charge on any atom is 0.328 e. The molecule has 39 heavy (non-hydrogen) atoms. The average molecular weight is 664 g/mol. The molecule has 0 aliphatic rings. The van der Waals surface area contributed by atoms with Crippen LogP contribution in [0.15, 0.2) is 69.7 Å². The maximum absolute atomic E-state index is 13.1. The topological polar surface area (TPSA) is 113 Å². The Morgan fingerprint density at radius 3 is 2.00 bits per heavy atom. The Morgan fingerprint density at radius 1 is 0.923 bits per heavy atom. The third-order valence-corrected chi connectivity index (χ3v) is 6.76. The quantitative estimate of drug-likeness (QED) is 0.215. The first kappa shape index (κ1) is 30.1. The highest BCUT2D eigenvalue weighted by molar-refractivity contribution is 9.10. The van der Waals surface area contributed by atoms with Crippen molar-refractivity contribution in [3.8, 4) is 11.5 Å². The van der Waals surface area contributed by atoms with Crippen LogP contribution in [0.1, 0.15) is 48.3 Å². The lowest BCUT2D eigenvalue weighted by molar-refractivity contribution is -0.151. The highest BCUT2D eigenvalue weighted by atomic mass is 79.9. The number of rotatable bonds is 11. The molecule has 9 nitrogen and oxygen atoms in total. The Morgan fingerprint density at radius 2 is 1.49 bits per heavy atom. The lowest BCUT2D eigenvalue weighted by Crippen LogP contribution is -2.41. The van der Waals surface area contributed by atoms with Gasteiger partial charge in [0.25, 0.3) is 5.91 Å². The number of ether oxygens (including phenoxy) is 4. The lowest BCUT2D eigenvalue weighted by Gasteiger charge is -2.26. The van der Waals surface area contributed by atoms with Crippen molar-refractivity contribution >= 4 is 49.7 Å².